The van der Waals surface area contributed by atoms with Crippen LogP contribution in [0.5, 0.6) is 0 Å². The van der Waals surface area contributed by atoms with Gasteiger partial charge in [-0.3, -0.25) is 14.5 Å². The number of β-lactam (4-membered cyclic amide) rings is 1. The lowest BCUT2D eigenvalue weighted by Gasteiger charge is -2.49. The summed E-state index contributed by atoms with van der Waals surface area (Å²) in [6.45, 7) is 0. The molecule has 4 heterocycles. The summed E-state index contributed by atoms with van der Waals surface area (Å²) < 4.78 is 0. The van der Waals surface area contributed by atoms with Gasteiger partial charge in [0.15, 0.2) is 10.8 Å². The van der Waals surface area contributed by atoms with Crippen LogP contribution in [0.2, 0.25) is 0 Å². The molecule has 32 heavy (non-hydrogen) atoms. The van der Waals surface area contributed by atoms with Crippen molar-refractivity contribution in [3.63, 3.8) is 0 Å². The molecule has 15 heteroatoms. The van der Waals surface area contributed by atoms with Gasteiger partial charge in [0.1, 0.15) is 29.1 Å². The lowest BCUT2D eigenvalue weighted by Crippen LogP contribution is -2.71. The van der Waals surface area contributed by atoms with Gasteiger partial charge in [0, 0.05) is 28.0 Å². The second kappa shape index (κ2) is 9.13. The van der Waals surface area contributed by atoms with Crippen molar-refractivity contribution >= 4 is 63.5 Å². The van der Waals surface area contributed by atoms with E-state index in [-0.39, 0.29) is 22.2 Å². The molecule has 5 N–H and O–H groups in total. The number of aliphatic carboxylic acids is 1. The number of thioether (sulfide) groups is 2. The zero-order valence-electron chi connectivity index (χ0n) is 16.0. The maximum absolute atomic E-state index is 12.8. The smallest absolute Gasteiger partial charge is 0.353 e. The lowest BCUT2D eigenvalue weighted by molar-refractivity contribution is -0.150. The van der Waals surface area contributed by atoms with E-state index in [1.54, 1.807) is 12.3 Å². The summed E-state index contributed by atoms with van der Waals surface area (Å²) in [6.07, 6.45) is 3.00. The summed E-state index contributed by atoms with van der Waals surface area (Å²) >= 11 is 3.68. The number of hydrogen-bond donors (Lipinski definition) is 4. The number of carboxylic acids is 1. The minimum atomic E-state index is -1.23. The number of hydrogen-bond acceptors (Lipinski definition) is 12. The highest BCUT2D eigenvalue weighted by atomic mass is 32.2. The standard InChI is InChI=1S/C17H15N7O5S3/c18-17-21-8(4-32-17)10(23-29)13(25)22-11-14(26)24-12(16(27)28)9(5-31-15(11)24)30-3-7-1-2-19-6-20-7/h1-2,4,6,11,15,29H,3,5H2,(H2,18,21)(H,22,25)(H,27,28)/b23-10+/t11-,15-/m1/s1. The molecule has 0 spiro atoms. The molecule has 0 radical (unpaired) electrons. The number of carbonyl (C=O) groups is 3. The van der Waals surface area contributed by atoms with E-state index in [1.807, 2.05) is 0 Å². The Labute approximate surface area is 193 Å². The third-order valence-electron chi connectivity index (χ3n) is 4.54. The molecule has 0 saturated carbocycles. The fourth-order valence-corrected chi connectivity index (χ4v) is 6.18. The van der Waals surface area contributed by atoms with Crippen molar-refractivity contribution in [2.45, 2.75) is 17.2 Å². The van der Waals surface area contributed by atoms with E-state index in [9.17, 15) is 24.7 Å². The van der Waals surface area contributed by atoms with E-state index in [1.165, 1.54) is 40.1 Å². The van der Waals surface area contributed by atoms with Crippen LogP contribution in [0, 0.1) is 0 Å². The molecular formula is C17H15N7O5S3. The molecule has 0 bridgehead atoms. The fourth-order valence-electron chi connectivity index (χ4n) is 3.08. The van der Waals surface area contributed by atoms with E-state index in [0.29, 0.717) is 16.4 Å². The average molecular weight is 494 g/mol. The number of nitrogens with zero attached hydrogens (tertiary/aromatic N) is 5. The largest absolute Gasteiger partial charge is 0.477 e. The molecule has 2 aromatic heterocycles. The minimum absolute atomic E-state index is 0.0713. The predicted molar refractivity (Wildman–Crippen MR) is 118 cm³/mol. The Morgan fingerprint density at radius 2 is 2.25 bits per heavy atom. The number of oxime groups is 1. The zero-order chi connectivity index (χ0) is 22.8. The Morgan fingerprint density at radius 3 is 2.88 bits per heavy atom. The quantitative estimate of drug-likeness (QED) is 0.180. The summed E-state index contributed by atoms with van der Waals surface area (Å²) in [5, 5.41) is 25.4. The lowest BCUT2D eigenvalue weighted by atomic mass is 10.0. The van der Waals surface area contributed by atoms with Gasteiger partial charge in [0.05, 0.1) is 5.69 Å². The molecule has 0 aromatic carbocycles. The molecule has 2 aliphatic heterocycles. The van der Waals surface area contributed by atoms with Gasteiger partial charge >= 0.3 is 5.97 Å². The summed E-state index contributed by atoms with van der Waals surface area (Å²) in [5.41, 5.74) is 5.85. The van der Waals surface area contributed by atoms with Crippen molar-refractivity contribution in [1.29, 1.82) is 0 Å². The molecule has 0 aliphatic carbocycles. The number of nitrogens with one attached hydrogen (secondary N) is 1. The van der Waals surface area contributed by atoms with Crippen LogP contribution in [0.3, 0.4) is 0 Å². The Balaban J connectivity index is 1.48. The first-order valence-electron chi connectivity index (χ1n) is 8.93. The number of aromatic nitrogens is 3. The van der Waals surface area contributed by atoms with Gasteiger partial charge < -0.3 is 21.4 Å². The van der Waals surface area contributed by atoms with Gasteiger partial charge in [-0.2, -0.15) is 0 Å². The summed E-state index contributed by atoms with van der Waals surface area (Å²) in [6, 6.07) is 0.756. The highest BCUT2D eigenvalue weighted by Gasteiger charge is 2.54. The second-order valence-electron chi connectivity index (χ2n) is 6.45. The van der Waals surface area contributed by atoms with E-state index >= 15 is 0 Å². The number of amides is 2. The molecular weight excluding hydrogens is 478 g/mol. The Kier molecular flexibility index (Phi) is 6.29. The molecule has 2 aliphatic rings. The molecule has 0 unspecified atom stereocenters. The number of anilines is 1. The van der Waals surface area contributed by atoms with Crippen molar-refractivity contribution in [3.05, 3.63) is 46.0 Å². The number of rotatable bonds is 7. The maximum Gasteiger partial charge on any atom is 0.353 e. The molecule has 166 valence electrons. The number of fused-ring (bicyclic) bond motifs is 1. The van der Waals surface area contributed by atoms with Crippen LogP contribution in [0.1, 0.15) is 11.4 Å². The SMILES string of the molecule is Nc1nc(/C(=N\O)C(=O)N[C@@H]2C(=O)N3C(C(=O)O)=C(SCc4ccncn4)CS[C@H]23)cs1. The normalized spacial score (nSPS) is 20.6. The van der Waals surface area contributed by atoms with Gasteiger partial charge in [-0.1, -0.05) is 5.16 Å². The highest BCUT2D eigenvalue weighted by Crippen LogP contribution is 2.43. The van der Waals surface area contributed by atoms with E-state index < -0.39 is 29.2 Å². The molecule has 2 amide bonds. The molecule has 2 atom stereocenters. The molecule has 1 fully saturated rings. The Morgan fingerprint density at radius 1 is 1.44 bits per heavy atom. The van der Waals surface area contributed by atoms with Crippen molar-refractivity contribution < 1.29 is 24.7 Å². The Hall–Kier alpha value is -3.17. The van der Waals surface area contributed by atoms with Gasteiger partial charge in [-0.25, -0.2) is 19.7 Å². The van der Waals surface area contributed by atoms with Crippen LogP contribution >= 0.6 is 34.9 Å². The number of nitrogen functional groups attached to an aromatic ring is 1. The number of thiazole rings is 1. The van der Waals surface area contributed by atoms with E-state index in [2.05, 4.69) is 25.4 Å². The van der Waals surface area contributed by atoms with Crippen molar-refractivity contribution in [1.82, 2.24) is 25.2 Å². The van der Waals surface area contributed by atoms with Crippen LogP contribution in [-0.4, -0.2) is 70.8 Å². The van der Waals surface area contributed by atoms with Gasteiger partial charge in [-0.15, -0.1) is 34.9 Å². The topological polar surface area (TPSA) is 184 Å². The monoisotopic (exact) mass is 493 g/mol. The molecule has 1 saturated heterocycles. The molecule has 12 nitrogen and oxygen atoms in total. The van der Waals surface area contributed by atoms with Crippen LogP contribution in [-0.2, 0) is 20.1 Å². The fraction of sp³-hybridized carbons (Fsp3) is 0.235. The van der Waals surface area contributed by atoms with Crippen LogP contribution in [0.15, 0.2) is 39.7 Å². The van der Waals surface area contributed by atoms with Crippen LogP contribution in [0.4, 0.5) is 5.13 Å². The molecule has 4 rings (SSSR count). The summed E-state index contributed by atoms with van der Waals surface area (Å²) in [7, 11) is 0. The van der Waals surface area contributed by atoms with Gasteiger partial charge in [0.25, 0.3) is 11.8 Å². The van der Waals surface area contributed by atoms with Crippen molar-refractivity contribution in [3.8, 4) is 0 Å². The van der Waals surface area contributed by atoms with Crippen molar-refractivity contribution in [2.24, 2.45) is 5.16 Å². The van der Waals surface area contributed by atoms with Crippen LogP contribution < -0.4 is 11.1 Å². The van der Waals surface area contributed by atoms with Crippen molar-refractivity contribution in [2.75, 3.05) is 11.5 Å². The maximum atomic E-state index is 12.8. The first-order valence-corrected chi connectivity index (χ1v) is 11.8. The molecule has 2 aromatic rings. The third-order valence-corrected chi connectivity index (χ3v) is 7.80. The average Bonchev–Trinajstić information content (AvgIpc) is 3.22. The zero-order valence-corrected chi connectivity index (χ0v) is 18.5. The highest BCUT2D eigenvalue weighted by molar-refractivity contribution is 8.05. The first-order chi connectivity index (χ1) is 15.4. The first kappa shape index (κ1) is 22.0. The number of nitrogens with two attached hydrogens (primary N) is 1. The minimum Gasteiger partial charge on any atom is -0.477 e. The second-order valence-corrected chi connectivity index (χ2v) is 9.51. The number of carbonyl (C=O) groups excluding carboxylic acids is 2. The number of carboxylic acid groups (broad SMARTS) is 1. The van der Waals surface area contributed by atoms with E-state index in [4.69, 9.17) is 5.73 Å². The third kappa shape index (κ3) is 4.13. The van der Waals surface area contributed by atoms with E-state index in [0.717, 1.165) is 17.0 Å². The summed E-state index contributed by atoms with van der Waals surface area (Å²) in [5.74, 6) is -1.84. The predicted octanol–water partition coefficient (Wildman–Crippen LogP) is 0.323. The van der Waals surface area contributed by atoms with Gasteiger partial charge in [-0.05, 0) is 6.07 Å². The Bertz CT molecular complexity index is 1140. The summed E-state index contributed by atoms with van der Waals surface area (Å²) in [4.78, 5) is 50.8. The van der Waals surface area contributed by atoms with Gasteiger partial charge in [0.2, 0.25) is 0 Å². The van der Waals surface area contributed by atoms with Crippen LogP contribution in [0.25, 0.3) is 0 Å².